The van der Waals surface area contributed by atoms with Gasteiger partial charge in [0.05, 0.1) is 11.8 Å². The van der Waals surface area contributed by atoms with E-state index >= 15 is 0 Å². The molecule has 1 heterocycles. The van der Waals surface area contributed by atoms with Gasteiger partial charge in [-0.2, -0.15) is 5.10 Å². The van der Waals surface area contributed by atoms with Gasteiger partial charge >= 0.3 is 0 Å². The molecule has 1 aliphatic heterocycles. The van der Waals surface area contributed by atoms with Crippen LogP contribution in [0.2, 0.25) is 0 Å². The predicted molar refractivity (Wildman–Crippen MR) is 142 cm³/mol. The molecule has 0 bridgehead atoms. The van der Waals surface area contributed by atoms with Gasteiger partial charge in [0.1, 0.15) is 12.1 Å². The van der Waals surface area contributed by atoms with Crippen LogP contribution >= 0.6 is 0 Å². The number of allylic oxidation sites excluding steroid dienone is 2. The van der Waals surface area contributed by atoms with Crippen LogP contribution in [-0.2, 0) is 9.59 Å². The van der Waals surface area contributed by atoms with E-state index in [1.807, 2.05) is 52.0 Å². The zero-order valence-electron chi connectivity index (χ0n) is 21.4. The maximum absolute atomic E-state index is 13.3. The van der Waals surface area contributed by atoms with Crippen molar-refractivity contribution < 1.29 is 9.59 Å². The van der Waals surface area contributed by atoms with E-state index in [9.17, 15) is 9.59 Å². The van der Waals surface area contributed by atoms with Gasteiger partial charge in [-0.15, -0.1) is 0 Å². The van der Waals surface area contributed by atoms with Crippen LogP contribution in [0.5, 0.6) is 0 Å². The Labute approximate surface area is 208 Å². The van der Waals surface area contributed by atoms with E-state index < -0.39 is 12.1 Å². The molecule has 2 amide bonds. The Morgan fingerprint density at radius 1 is 1.17 bits per heavy atom. The molecule has 7 N–H and O–H groups in total. The number of aliphatic imine (C=N–C) groups is 1. The quantitative estimate of drug-likeness (QED) is 0.185. The van der Waals surface area contributed by atoms with E-state index in [4.69, 9.17) is 17.3 Å². The highest BCUT2D eigenvalue weighted by Crippen LogP contribution is 2.23. The fourth-order valence-electron chi connectivity index (χ4n) is 4.02. The van der Waals surface area contributed by atoms with Crippen LogP contribution < -0.4 is 22.6 Å². The summed E-state index contributed by atoms with van der Waals surface area (Å²) in [5, 5.41) is 6.64. The van der Waals surface area contributed by atoms with Crippen LogP contribution in [0, 0.1) is 5.92 Å². The Bertz CT molecular complexity index is 1010. The summed E-state index contributed by atoms with van der Waals surface area (Å²) >= 11 is 0. The molecule has 9 nitrogen and oxygen atoms in total. The molecule has 1 fully saturated rings. The third kappa shape index (κ3) is 7.18. The number of likely N-dealkylation sites (tertiary alicyclic amines) is 1. The van der Waals surface area contributed by atoms with Crippen LogP contribution in [-0.4, -0.2) is 47.3 Å². The van der Waals surface area contributed by atoms with Crippen molar-refractivity contribution in [1.82, 2.24) is 10.2 Å². The molecule has 35 heavy (non-hydrogen) atoms. The summed E-state index contributed by atoms with van der Waals surface area (Å²) in [7, 11) is 0. The molecule has 9 heteroatoms. The number of hydrazone groups is 1. The van der Waals surface area contributed by atoms with Crippen molar-refractivity contribution in [3.05, 3.63) is 53.2 Å². The molecule has 1 saturated heterocycles. The molecule has 1 aromatic carbocycles. The van der Waals surface area contributed by atoms with E-state index in [2.05, 4.69) is 15.4 Å². The second kappa shape index (κ2) is 12.7. The van der Waals surface area contributed by atoms with Crippen LogP contribution in [0.1, 0.15) is 64.6 Å². The first-order valence-electron chi connectivity index (χ1n) is 11.9. The fraction of sp³-hybridized carbons (Fsp3) is 0.462. The molecule has 0 radical (unpaired) electrons. The molecule has 190 valence electrons. The number of rotatable bonds is 9. The van der Waals surface area contributed by atoms with Gasteiger partial charge in [-0.05, 0) is 68.5 Å². The van der Waals surface area contributed by atoms with Crippen molar-refractivity contribution in [3.8, 4) is 0 Å². The Balaban J connectivity index is 2.12. The molecule has 1 aliphatic rings. The number of nitrogens with one attached hydrogen (secondary N) is 1. The smallest absolute Gasteiger partial charge is 0.248 e. The lowest BCUT2D eigenvalue weighted by atomic mass is 10.0. The second-order valence-electron chi connectivity index (χ2n) is 9.24. The third-order valence-corrected chi connectivity index (χ3v) is 6.20. The zero-order valence-corrected chi connectivity index (χ0v) is 21.4. The molecule has 0 aliphatic carbocycles. The summed E-state index contributed by atoms with van der Waals surface area (Å²) < 4.78 is 0. The summed E-state index contributed by atoms with van der Waals surface area (Å²) in [5.41, 5.74) is 15.5. The molecular formula is C26H39N7O2. The van der Waals surface area contributed by atoms with E-state index in [0.717, 1.165) is 23.1 Å². The van der Waals surface area contributed by atoms with Crippen molar-refractivity contribution in [2.24, 2.45) is 33.3 Å². The highest BCUT2D eigenvalue weighted by molar-refractivity contribution is 6.29. The molecule has 3 unspecified atom stereocenters. The second-order valence-corrected chi connectivity index (χ2v) is 9.24. The van der Waals surface area contributed by atoms with Crippen molar-refractivity contribution in [2.75, 3.05) is 6.54 Å². The van der Waals surface area contributed by atoms with Crippen molar-refractivity contribution in [1.29, 1.82) is 0 Å². The Kier molecular flexibility index (Phi) is 10.1. The zero-order chi connectivity index (χ0) is 26.1. The van der Waals surface area contributed by atoms with Crippen LogP contribution in [0.3, 0.4) is 0 Å². The summed E-state index contributed by atoms with van der Waals surface area (Å²) in [6.45, 7) is 9.93. The summed E-state index contributed by atoms with van der Waals surface area (Å²) in [6, 6.07) is 6.38. The van der Waals surface area contributed by atoms with Gasteiger partial charge in [0.25, 0.3) is 0 Å². The monoisotopic (exact) mass is 481 g/mol. The standard InChI is InChI=1S/C26H39N7O2/c1-16(2)24(30-15-18(4)32-29)26(35)33-14-6-7-22(33)25(34)31-19(5)20-8-10-21(11-9-20)23(28)17(3)12-13-27/h8-13,15-16,19,22,24H,6-7,14,27-29H2,1-5H3,(H,31,34)/b13-12-,23-17-,30-15?,32-18-. The summed E-state index contributed by atoms with van der Waals surface area (Å²) in [5.74, 6) is 4.92. The van der Waals surface area contributed by atoms with E-state index in [1.165, 1.54) is 12.4 Å². The van der Waals surface area contributed by atoms with Gasteiger partial charge < -0.3 is 27.5 Å². The average molecular weight is 482 g/mol. The number of hydrogen-bond donors (Lipinski definition) is 4. The van der Waals surface area contributed by atoms with Crippen LogP contribution in [0.25, 0.3) is 5.70 Å². The number of amides is 2. The normalized spacial score (nSPS) is 19.3. The van der Waals surface area contributed by atoms with Gasteiger partial charge in [-0.25, -0.2) is 0 Å². The van der Waals surface area contributed by atoms with Gasteiger partial charge in [-0.1, -0.05) is 38.1 Å². The minimum Gasteiger partial charge on any atom is -0.405 e. The predicted octanol–water partition coefficient (Wildman–Crippen LogP) is 2.45. The van der Waals surface area contributed by atoms with Crippen molar-refractivity contribution >= 4 is 29.4 Å². The number of nitrogens with zero attached hydrogens (tertiary/aromatic N) is 3. The molecule has 3 atom stereocenters. The highest BCUT2D eigenvalue weighted by Gasteiger charge is 2.38. The lowest BCUT2D eigenvalue weighted by molar-refractivity contribution is -0.140. The van der Waals surface area contributed by atoms with E-state index in [-0.39, 0.29) is 23.8 Å². The number of nitrogens with two attached hydrogens (primary N) is 3. The lowest BCUT2D eigenvalue weighted by Gasteiger charge is -2.29. The van der Waals surface area contributed by atoms with Gasteiger partial charge in [0.2, 0.25) is 11.8 Å². The SMILES string of the molecule is C/C(C=NC(C(=O)N1CCCC1C(=O)NC(C)c1ccc(/C(N)=C(C)/C=C\N)cc1)C(C)C)=N/N. The third-order valence-electron chi connectivity index (χ3n) is 6.20. The first kappa shape index (κ1) is 27.6. The topological polar surface area (TPSA) is 152 Å². The maximum Gasteiger partial charge on any atom is 0.248 e. The molecule has 0 spiro atoms. The van der Waals surface area contributed by atoms with Gasteiger partial charge in [0.15, 0.2) is 0 Å². The van der Waals surface area contributed by atoms with Crippen molar-refractivity contribution in [2.45, 2.75) is 65.6 Å². The molecular weight excluding hydrogens is 442 g/mol. The number of carbonyl (C=O) groups excluding carboxylic acids is 2. The van der Waals surface area contributed by atoms with Crippen LogP contribution in [0.4, 0.5) is 0 Å². The first-order valence-corrected chi connectivity index (χ1v) is 11.9. The molecule has 0 saturated carbocycles. The fourth-order valence-corrected chi connectivity index (χ4v) is 4.02. The number of hydrogen-bond acceptors (Lipinski definition) is 7. The van der Waals surface area contributed by atoms with Crippen molar-refractivity contribution in [3.63, 3.8) is 0 Å². The van der Waals surface area contributed by atoms with E-state index in [0.29, 0.717) is 24.4 Å². The summed E-state index contributed by atoms with van der Waals surface area (Å²) in [4.78, 5) is 32.5. The first-order chi connectivity index (χ1) is 16.6. The number of benzene rings is 1. The molecule has 1 aromatic rings. The Morgan fingerprint density at radius 3 is 2.40 bits per heavy atom. The van der Waals surface area contributed by atoms with E-state index in [1.54, 1.807) is 17.9 Å². The van der Waals surface area contributed by atoms with Gasteiger partial charge in [0, 0.05) is 18.5 Å². The highest BCUT2D eigenvalue weighted by atomic mass is 16.2. The minimum absolute atomic E-state index is 0.0310. The average Bonchev–Trinajstić information content (AvgIpc) is 3.33. The maximum atomic E-state index is 13.3. The Hall–Kier alpha value is -3.62. The Morgan fingerprint density at radius 2 is 1.83 bits per heavy atom. The summed E-state index contributed by atoms with van der Waals surface area (Å²) in [6.07, 6.45) is 6.11. The number of carbonyl (C=O) groups is 2. The minimum atomic E-state index is -0.596. The molecule has 0 aromatic heterocycles. The largest absolute Gasteiger partial charge is 0.405 e. The lowest BCUT2D eigenvalue weighted by Crippen LogP contribution is -2.50. The molecule has 2 rings (SSSR count). The van der Waals surface area contributed by atoms with Gasteiger partial charge in [-0.3, -0.25) is 14.6 Å². The van der Waals surface area contributed by atoms with Crippen LogP contribution in [0.15, 0.2) is 52.2 Å².